The summed E-state index contributed by atoms with van der Waals surface area (Å²) in [7, 11) is 0. The normalized spacial score (nSPS) is 47.5. The summed E-state index contributed by atoms with van der Waals surface area (Å²) >= 11 is 0. The van der Waals surface area contributed by atoms with Gasteiger partial charge < -0.3 is 9.94 Å². The minimum atomic E-state index is -0.359. The molecular weight excluding hydrogens is 326 g/mol. The van der Waals surface area contributed by atoms with E-state index in [9.17, 15) is 4.79 Å². The van der Waals surface area contributed by atoms with E-state index in [1.165, 1.54) is 12.0 Å². The van der Waals surface area contributed by atoms with Gasteiger partial charge in [0.2, 0.25) is 0 Å². The summed E-state index contributed by atoms with van der Waals surface area (Å²) in [6.07, 6.45) is 18.0. The van der Waals surface area contributed by atoms with Crippen LogP contribution in [0.5, 0.6) is 0 Å². The van der Waals surface area contributed by atoms with Crippen molar-refractivity contribution in [1.29, 1.82) is 0 Å². The van der Waals surface area contributed by atoms with Gasteiger partial charge in [0, 0.05) is 11.5 Å². The molecule has 0 bridgehead atoms. The molecule has 1 spiro atoms. The Balaban J connectivity index is 1.52. The molecule has 5 aliphatic rings. The number of nitrogens with zero attached hydrogens (tertiary/aromatic N) is 1. The molecule has 5 rings (SSSR count). The maximum atomic E-state index is 11.9. The smallest absolute Gasteiger partial charge is 0.331 e. The summed E-state index contributed by atoms with van der Waals surface area (Å²) in [6.45, 7) is 2.28. The average Bonchev–Trinajstić information content (AvgIpc) is 3.22. The third kappa shape index (κ3) is 1.96. The largest absolute Gasteiger partial charge is 0.451 e. The molecule has 0 saturated heterocycles. The molecule has 138 valence electrons. The number of allylic oxidation sites excluding steroid dienone is 4. The summed E-state index contributed by atoms with van der Waals surface area (Å²) in [6, 6.07) is 0. The van der Waals surface area contributed by atoms with Gasteiger partial charge in [-0.25, -0.2) is 4.79 Å². The number of hydrogen-bond donors (Lipinski definition) is 1. The number of carbonyl (C=O) groups excluding carboxylic acids is 1. The molecule has 1 aliphatic heterocycles. The van der Waals surface area contributed by atoms with Crippen molar-refractivity contribution in [2.75, 3.05) is 0 Å². The van der Waals surface area contributed by atoms with Crippen LogP contribution in [0.4, 0.5) is 0 Å². The minimum absolute atomic E-state index is 0.0920. The number of oxime groups is 1. The quantitative estimate of drug-likeness (QED) is 0.432. The zero-order valence-corrected chi connectivity index (χ0v) is 15.4. The Bertz CT molecular complexity index is 763. The molecule has 0 aromatic carbocycles. The molecule has 2 saturated carbocycles. The fourth-order valence-corrected chi connectivity index (χ4v) is 7.19. The first-order valence-corrected chi connectivity index (χ1v) is 10.2. The van der Waals surface area contributed by atoms with Crippen LogP contribution in [-0.4, -0.2) is 22.5 Å². The molecule has 2 fully saturated rings. The Morgan fingerprint density at radius 3 is 2.88 bits per heavy atom. The van der Waals surface area contributed by atoms with Crippen molar-refractivity contribution in [3.63, 3.8) is 0 Å². The van der Waals surface area contributed by atoms with E-state index in [0.29, 0.717) is 23.7 Å². The molecule has 1 heterocycles. The van der Waals surface area contributed by atoms with Gasteiger partial charge in [0.05, 0.1) is 5.71 Å². The van der Waals surface area contributed by atoms with Crippen LogP contribution in [0.1, 0.15) is 51.9 Å². The SMILES string of the molecule is CC[C@]12CCC3C(C=CC4=CC(=NO)CC[C@@H]43)C1CC[C@@]21C=CC(=O)O1. The van der Waals surface area contributed by atoms with Gasteiger partial charge in [-0.2, -0.15) is 0 Å². The zero-order chi connectivity index (χ0) is 17.9. The van der Waals surface area contributed by atoms with Crippen molar-refractivity contribution >= 4 is 11.7 Å². The van der Waals surface area contributed by atoms with Crippen LogP contribution in [0.3, 0.4) is 0 Å². The highest BCUT2D eigenvalue weighted by molar-refractivity contribution is 5.96. The van der Waals surface area contributed by atoms with Crippen LogP contribution in [0.15, 0.2) is 41.1 Å². The summed E-state index contributed by atoms with van der Waals surface area (Å²) in [5.74, 6) is 2.27. The van der Waals surface area contributed by atoms with E-state index < -0.39 is 0 Å². The lowest BCUT2D eigenvalue weighted by Crippen LogP contribution is -2.53. The molecule has 4 aliphatic carbocycles. The Labute approximate surface area is 154 Å². The maximum absolute atomic E-state index is 11.9. The Hall–Kier alpha value is -1.84. The highest BCUT2D eigenvalue weighted by Gasteiger charge is 2.65. The van der Waals surface area contributed by atoms with E-state index in [0.717, 1.165) is 44.2 Å². The Morgan fingerprint density at radius 1 is 1.27 bits per heavy atom. The van der Waals surface area contributed by atoms with Crippen LogP contribution in [-0.2, 0) is 9.53 Å². The minimum Gasteiger partial charge on any atom is -0.451 e. The average molecular weight is 353 g/mol. The number of hydrogen-bond acceptors (Lipinski definition) is 4. The van der Waals surface area contributed by atoms with Gasteiger partial charge in [0.1, 0.15) is 5.60 Å². The summed E-state index contributed by atoms with van der Waals surface area (Å²) < 4.78 is 5.96. The second-order valence-electron chi connectivity index (χ2n) is 8.82. The summed E-state index contributed by atoms with van der Waals surface area (Å²) in [5.41, 5.74) is 1.88. The van der Waals surface area contributed by atoms with Gasteiger partial charge in [0.25, 0.3) is 0 Å². The molecule has 1 N–H and O–H groups in total. The zero-order valence-electron chi connectivity index (χ0n) is 15.4. The van der Waals surface area contributed by atoms with Crippen molar-refractivity contribution in [2.45, 2.75) is 57.5 Å². The Morgan fingerprint density at radius 2 is 2.15 bits per heavy atom. The van der Waals surface area contributed by atoms with Crippen LogP contribution in [0.2, 0.25) is 0 Å². The molecule has 6 atom stereocenters. The third-order valence-electron chi connectivity index (χ3n) is 8.29. The number of fused-ring (bicyclic) bond motifs is 6. The van der Waals surface area contributed by atoms with Crippen LogP contribution < -0.4 is 0 Å². The molecular formula is C22H27NO3. The Kier molecular flexibility index (Phi) is 3.51. The van der Waals surface area contributed by atoms with E-state index in [1.54, 1.807) is 6.08 Å². The first kappa shape index (κ1) is 16.3. The van der Waals surface area contributed by atoms with Crippen LogP contribution >= 0.6 is 0 Å². The second kappa shape index (κ2) is 5.58. The van der Waals surface area contributed by atoms with Gasteiger partial charge in [-0.1, -0.05) is 24.2 Å². The van der Waals surface area contributed by atoms with Crippen molar-refractivity contribution in [3.8, 4) is 0 Å². The molecule has 0 aromatic rings. The number of ether oxygens (including phenoxy) is 1. The molecule has 3 unspecified atom stereocenters. The summed E-state index contributed by atoms with van der Waals surface area (Å²) in [5, 5.41) is 12.5. The fraction of sp³-hybridized carbons (Fsp3) is 0.636. The van der Waals surface area contributed by atoms with Crippen LogP contribution in [0, 0.1) is 29.1 Å². The predicted octanol–water partition coefficient (Wildman–Crippen LogP) is 4.41. The van der Waals surface area contributed by atoms with E-state index in [4.69, 9.17) is 9.94 Å². The number of rotatable bonds is 1. The van der Waals surface area contributed by atoms with E-state index in [2.05, 4.69) is 36.4 Å². The van der Waals surface area contributed by atoms with Gasteiger partial charge in [-0.05, 0) is 86.3 Å². The molecule has 0 amide bonds. The standard InChI is InChI=1S/C22H27NO3/c1-2-21-10-7-17-16-6-4-15(23-25)13-14(16)3-5-18(17)19(21)8-11-22(21)12-9-20(24)26-22/h3,5,9,12-13,16-19,25H,2,4,6-8,10-11H2,1H3/t16-,17?,18?,19?,21-,22+/m0/s1. The van der Waals surface area contributed by atoms with Gasteiger partial charge in [-0.3, -0.25) is 0 Å². The predicted molar refractivity (Wildman–Crippen MR) is 98.8 cm³/mol. The van der Waals surface area contributed by atoms with E-state index >= 15 is 0 Å². The first-order chi connectivity index (χ1) is 12.6. The topological polar surface area (TPSA) is 58.9 Å². The van der Waals surface area contributed by atoms with Crippen molar-refractivity contribution in [1.82, 2.24) is 0 Å². The van der Waals surface area contributed by atoms with E-state index in [-0.39, 0.29) is 17.0 Å². The monoisotopic (exact) mass is 353 g/mol. The fourth-order valence-electron chi connectivity index (χ4n) is 7.19. The molecule has 4 heteroatoms. The lowest BCUT2D eigenvalue weighted by Gasteiger charge is -2.55. The van der Waals surface area contributed by atoms with Crippen molar-refractivity contribution < 1.29 is 14.7 Å². The van der Waals surface area contributed by atoms with Crippen molar-refractivity contribution in [2.24, 2.45) is 34.2 Å². The first-order valence-electron chi connectivity index (χ1n) is 10.2. The maximum Gasteiger partial charge on any atom is 0.331 e. The van der Waals surface area contributed by atoms with Gasteiger partial charge >= 0.3 is 5.97 Å². The lowest BCUT2D eigenvalue weighted by molar-refractivity contribution is -0.162. The highest BCUT2D eigenvalue weighted by atomic mass is 16.6. The molecule has 4 nitrogen and oxygen atoms in total. The summed E-state index contributed by atoms with van der Waals surface area (Å²) in [4.78, 5) is 11.9. The molecule has 0 aromatic heterocycles. The van der Waals surface area contributed by atoms with Gasteiger partial charge in [0.15, 0.2) is 0 Å². The number of esters is 1. The second-order valence-corrected chi connectivity index (χ2v) is 8.82. The van der Waals surface area contributed by atoms with Crippen molar-refractivity contribution in [3.05, 3.63) is 36.0 Å². The van der Waals surface area contributed by atoms with E-state index in [1.807, 2.05) is 0 Å². The molecule has 26 heavy (non-hydrogen) atoms. The highest BCUT2D eigenvalue weighted by Crippen LogP contribution is 2.67. The number of carbonyl (C=O) groups is 1. The molecule has 0 radical (unpaired) electrons. The van der Waals surface area contributed by atoms with Crippen LogP contribution in [0.25, 0.3) is 0 Å². The lowest BCUT2D eigenvalue weighted by atomic mass is 9.51. The van der Waals surface area contributed by atoms with Gasteiger partial charge in [-0.15, -0.1) is 0 Å². The third-order valence-corrected chi connectivity index (χ3v) is 8.29.